The Hall–Kier alpha value is -3.00. The summed E-state index contributed by atoms with van der Waals surface area (Å²) >= 11 is 1.61. The van der Waals surface area contributed by atoms with Crippen molar-refractivity contribution in [2.75, 3.05) is 18.4 Å². The second-order valence-corrected chi connectivity index (χ2v) is 8.23. The van der Waals surface area contributed by atoms with Gasteiger partial charge >= 0.3 is 0 Å². The molecule has 0 aromatic carbocycles. The number of rotatable bonds is 5. The molecule has 3 aromatic rings. The number of nitrogens with one attached hydrogen (secondary N) is 1. The molecule has 29 heavy (non-hydrogen) atoms. The van der Waals surface area contributed by atoms with Crippen LogP contribution in [0.4, 0.5) is 10.9 Å². The van der Waals surface area contributed by atoms with Gasteiger partial charge in [-0.15, -0.1) is 11.3 Å². The number of anilines is 2. The Morgan fingerprint density at radius 2 is 2.07 bits per heavy atom. The Balaban J connectivity index is 1.40. The minimum Gasteiger partial charge on any atom is -0.465 e. The number of carbonyl (C=O) groups is 1. The first-order valence-electron chi connectivity index (χ1n) is 9.62. The van der Waals surface area contributed by atoms with E-state index < -0.39 is 0 Å². The number of thiazole rings is 1. The summed E-state index contributed by atoms with van der Waals surface area (Å²) in [6, 6.07) is 3.63. The third-order valence-corrected chi connectivity index (χ3v) is 6.10. The number of amides is 1. The summed E-state index contributed by atoms with van der Waals surface area (Å²) < 4.78 is 5.23. The van der Waals surface area contributed by atoms with Crippen molar-refractivity contribution in [2.45, 2.75) is 32.6 Å². The molecule has 7 nitrogen and oxygen atoms in total. The molecule has 0 spiro atoms. The summed E-state index contributed by atoms with van der Waals surface area (Å²) in [5.41, 5.74) is 1.97. The molecular weight excluding hydrogens is 386 g/mol. The lowest BCUT2D eigenvalue weighted by atomic mass is 9.93. The van der Waals surface area contributed by atoms with Crippen molar-refractivity contribution in [1.82, 2.24) is 19.9 Å². The molecule has 1 fully saturated rings. The molecule has 0 radical (unpaired) electrons. The average Bonchev–Trinajstić information content (AvgIpc) is 3.36. The van der Waals surface area contributed by atoms with Crippen LogP contribution < -0.4 is 5.32 Å². The van der Waals surface area contributed by atoms with Crippen LogP contribution in [0.3, 0.4) is 0 Å². The maximum atomic E-state index is 12.4. The lowest BCUT2D eigenvalue weighted by Crippen LogP contribution is -2.37. The van der Waals surface area contributed by atoms with E-state index in [1.807, 2.05) is 17.9 Å². The van der Waals surface area contributed by atoms with Crippen LogP contribution >= 0.6 is 11.3 Å². The summed E-state index contributed by atoms with van der Waals surface area (Å²) in [6.07, 6.45) is 9.99. The molecule has 0 bridgehead atoms. The number of piperidine rings is 1. The van der Waals surface area contributed by atoms with Gasteiger partial charge in [-0.1, -0.05) is 0 Å². The first-order valence-corrected chi connectivity index (χ1v) is 10.4. The number of hydrogen-bond acceptors (Lipinski definition) is 7. The maximum Gasteiger partial charge on any atom is 0.246 e. The van der Waals surface area contributed by atoms with E-state index in [0.717, 1.165) is 35.2 Å². The van der Waals surface area contributed by atoms with Gasteiger partial charge in [-0.3, -0.25) is 9.78 Å². The highest BCUT2D eigenvalue weighted by molar-refractivity contribution is 7.15. The zero-order valence-electron chi connectivity index (χ0n) is 16.5. The van der Waals surface area contributed by atoms with E-state index in [1.54, 1.807) is 48.2 Å². The molecule has 1 aliphatic rings. The minimum atomic E-state index is 0.00563. The van der Waals surface area contributed by atoms with E-state index >= 15 is 0 Å². The predicted molar refractivity (Wildman–Crippen MR) is 113 cm³/mol. The summed E-state index contributed by atoms with van der Waals surface area (Å²) in [5.74, 6) is 1.69. The minimum absolute atomic E-state index is 0.00563. The molecule has 1 aliphatic heterocycles. The second-order valence-electron chi connectivity index (χ2n) is 7.02. The second kappa shape index (κ2) is 8.57. The molecule has 8 heteroatoms. The number of likely N-dealkylation sites (tertiary alicyclic amines) is 1. The summed E-state index contributed by atoms with van der Waals surface area (Å²) in [6.45, 7) is 5.44. The molecule has 1 N–H and O–H groups in total. The third kappa shape index (κ3) is 4.54. The molecular formula is C21H23N5O2S. The molecule has 1 amide bonds. The van der Waals surface area contributed by atoms with Gasteiger partial charge in [-0.25, -0.2) is 9.97 Å². The fourth-order valence-electron chi connectivity index (χ4n) is 3.39. The van der Waals surface area contributed by atoms with Crippen LogP contribution in [0.5, 0.6) is 0 Å². The fraction of sp³-hybridized carbons (Fsp3) is 0.333. The van der Waals surface area contributed by atoms with Crippen LogP contribution in [0.1, 0.15) is 40.8 Å². The molecule has 4 heterocycles. The largest absolute Gasteiger partial charge is 0.465 e. The normalized spacial score (nSPS) is 15.2. The van der Waals surface area contributed by atoms with E-state index in [4.69, 9.17) is 4.42 Å². The summed E-state index contributed by atoms with van der Waals surface area (Å²) in [5, 5.41) is 4.16. The molecule has 150 valence electrons. The van der Waals surface area contributed by atoms with Crippen molar-refractivity contribution in [2.24, 2.45) is 0 Å². The van der Waals surface area contributed by atoms with Crippen LogP contribution in [-0.4, -0.2) is 38.8 Å². The quantitative estimate of drug-likeness (QED) is 0.632. The molecule has 0 atom stereocenters. The number of hydrogen-bond donors (Lipinski definition) is 1. The van der Waals surface area contributed by atoms with Crippen LogP contribution in [0.15, 0.2) is 41.3 Å². The van der Waals surface area contributed by atoms with E-state index in [-0.39, 0.29) is 11.8 Å². The van der Waals surface area contributed by atoms with Gasteiger partial charge in [0, 0.05) is 42.4 Å². The van der Waals surface area contributed by atoms with Crippen LogP contribution in [-0.2, 0) is 4.79 Å². The van der Waals surface area contributed by atoms with Gasteiger partial charge in [0.1, 0.15) is 5.76 Å². The standard InChI is InChI=1S/C21H23N5O2S/c1-14-15(2)29-21(24-14)25-20-19(22-9-10-23-20)16-7-11-26(12-8-16)18(27)6-5-17-4-3-13-28-17/h3-6,9-10,13,16H,7-8,11-12H2,1-2H3,(H,23,24,25). The number of furan rings is 1. The Labute approximate surface area is 173 Å². The zero-order chi connectivity index (χ0) is 20.2. The summed E-state index contributed by atoms with van der Waals surface area (Å²) in [4.78, 5) is 29.1. The molecule has 0 aliphatic carbocycles. The van der Waals surface area contributed by atoms with Crippen molar-refractivity contribution in [3.63, 3.8) is 0 Å². The fourth-order valence-corrected chi connectivity index (χ4v) is 4.20. The molecule has 3 aromatic heterocycles. The number of aryl methyl sites for hydroxylation is 2. The number of nitrogens with zero attached hydrogens (tertiary/aromatic N) is 4. The summed E-state index contributed by atoms with van der Waals surface area (Å²) in [7, 11) is 0. The molecule has 4 rings (SSSR count). The van der Waals surface area contributed by atoms with Crippen molar-refractivity contribution in [3.8, 4) is 0 Å². The third-order valence-electron chi connectivity index (χ3n) is 5.11. The maximum absolute atomic E-state index is 12.4. The van der Waals surface area contributed by atoms with Crippen LogP contribution in [0.2, 0.25) is 0 Å². The Morgan fingerprint density at radius 3 is 2.76 bits per heavy atom. The van der Waals surface area contributed by atoms with Crippen molar-refractivity contribution < 1.29 is 9.21 Å². The van der Waals surface area contributed by atoms with Gasteiger partial charge in [-0.05, 0) is 44.9 Å². The van der Waals surface area contributed by atoms with E-state index in [0.29, 0.717) is 18.8 Å². The van der Waals surface area contributed by atoms with Crippen molar-refractivity contribution in [1.29, 1.82) is 0 Å². The van der Waals surface area contributed by atoms with Crippen molar-refractivity contribution in [3.05, 3.63) is 58.9 Å². The lowest BCUT2D eigenvalue weighted by molar-refractivity contribution is -0.126. The average molecular weight is 410 g/mol. The topological polar surface area (TPSA) is 84.2 Å². The SMILES string of the molecule is Cc1nc(Nc2nccnc2C2CCN(C(=O)C=Cc3ccco3)CC2)sc1C. The van der Waals surface area contributed by atoms with Gasteiger partial charge in [0.05, 0.1) is 17.7 Å². The van der Waals surface area contributed by atoms with E-state index in [9.17, 15) is 4.79 Å². The van der Waals surface area contributed by atoms with Gasteiger partial charge in [0.2, 0.25) is 5.91 Å². The smallest absolute Gasteiger partial charge is 0.246 e. The highest BCUT2D eigenvalue weighted by Crippen LogP contribution is 2.33. The zero-order valence-corrected chi connectivity index (χ0v) is 17.3. The number of carbonyl (C=O) groups excluding carboxylic acids is 1. The molecule has 0 unspecified atom stereocenters. The molecule has 1 saturated heterocycles. The van der Waals surface area contributed by atoms with E-state index in [1.165, 1.54) is 4.88 Å². The van der Waals surface area contributed by atoms with Gasteiger partial charge in [0.15, 0.2) is 10.9 Å². The number of aromatic nitrogens is 3. The predicted octanol–water partition coefficient (Wildman–Crippen LogP) is 4.31. The molecule has 0 saturated carbocycles. The van der Waals surface area contributed by atoms with Gasteiger partial charge in [-0.2, -0.15) is 0 Å². The first kappa shape index (κ1) is 19.3. The highest BCUT2D eigenvalue weighted by atomic mass is 32.1. The monoisotopic (exact) mass is 409 g/mol. The van der Waals surface area contributed by atoms with Gasteiger partial charge in [0.25, 0.3) is 0 Å². The van der Waals surface area contributed by atoms with Crippen molar-refractivity contribution >= 4 is 34.3 Å². The van der Waals surface area contributed by atoms with Crippen LogP contribution in [0, 0.1) is 13.8 Å². The first-order chi connectivity index (χ1) is 14.1. The van der Waals surface area contributed by atoms with Crippen LogP contribution in [0.25, 0.3) is 6.08 Å². The Bertz CT molecular complexity index is 985. The van der Waals surface area contributed by atoms with Gasteiger partial charge < -0.3 is 14.6 Å². The lowest BCUT2D eigenvalue weighted by Gasteiger charge is -2.31. The Morgan fingerprint density at radius 1 is 1.28 bits per heavy atom. The van der Waals surface area contributed by atoms with E-state index in [2.05, 4.69) is 27.2 Å². The Kier molecular flexibility index (Phi) is 5.71. The highest BCUT2D eigenvalue weighted by Gasteiger charge is 2.26.